The summed E-state index contributed by atoms with van der Waals surface area (Å²) in [5.74, 6) is -0.883. The number of carbonyl (C=O) groups excluding carboxylic acids is 1. The van der Waals surface area contributed by atoms with E-state index in [0.29, 0.717) is 0 Å². The van der Waals surface area contributed by atoms with Gasteiger partial charge in [0.25, 0.3) is 0 Å². The molecule has 0 amide bonds. The van der Waals surface area contributed by atoms with E-state index in [2.05, 4.69) is 9.72 Å². The first-order valence-electron chi connectivity index (χ1n) is 5.83. The molecule has 1 aromatic rings. The number of ether oxygens (including phenoxy) is 1. The van der Waals surface area contributed by atoms with Crippen molar-refractivity contribution in [3.8, 4) is 0 Å². The minimum absolute atomic E-state index is 0.0922. The number of hydrogen-bond donors (Lipinski definition) is 1. The predicted octanol–water partition coefficient (Wildman–Crippen LogP) is 2.23. The van der Waals surface area contributed by atoms with E-state index >= 15 is 0 Å². The van der Waals surface area contributed by atoms with Gasteiger partial charge >= 0.3 is 12.1 Å². The maximum atomic E-state index is 12.6. The molecular formula is C12H16F3N3O2. The van der Waals surface area contributed by atoms with E-state index in [-0.39, 0.29) is 17.1 Å². The minimum atomic E-state index is -4.42. The molecule has 0 unspecified atom stereocenters. The Labute approximate surface area is 114 Å². The summed E-state index contributed by atoms with van der Waals surface area (Å²) in [7, 11) is 1.14. The Balaban J connectivity index is 3.29. The Morgan fingerprint density at radius 1 is 1.50 bits per heavy atom. The zero-order valence-electron chi connectivity index (χ0n) is 11.4. The van der Waals surface area contributed by atoms with E-state index in [1.807, 2.05) is 0 Å². The second-order valence-corrected chi connectivity index (χ2v) is 4.47. The zero-order valence-corrected chi connectivity index (χ0v) is 11.4. The number of anilines is 2. The minimum Gasteiger partial charge on any atom is -0.465 e. The Bertz CT molecular complexity index is 489. The highest BCUT2D eigenvalue weighted by Crippen LogP contribution is 2.27. The van der Waals surface area contributed by atoms with Gasteiger partial charge < -0.3 is 15.4 Å². The van der Waals surface area contributed by atoms with E-state index in [1.54, 1.807) is 13.8 Å². The van der Waals surface area contributed by atoms with Crippen LogP contribution in [0.1, 0.15) is 24.2 Å². The first-order valence-corrected chi connectivity index (χ1v) is 5.83. The molecule has 0 aromatic carbocycles. The number of aromatic nitrogens is 1. The van der Waals surface area contributed by atoms with Crippen LogP contribution < -0.4 is 10.6 Å². The Kier molecular flexibility index (Phi) is 4.80. The Morgan fingerprint density at radius 3 is 2.55 bits per heavy atom. The summed E-state index contributed by atoms with van der Waals surface area (Å²) in [6.07, 6.45) is -3.21. The third kappa shape index (κ3) is 4.01. The van der Waals surface area contributed by atoms with E-state index in [9.17, 15) is 18.0 Å². The third-order valence-corrected chi connectivity index (χ3v) is 2.54. The second kappa shape index (κ2) is 5.98. The summed E-state index contributed by atoms with van der Waals surface area (Å²) < 4.78 is 42.5. The number of esters is 1. The summed E-state index contributed by atoms with van der Waals surface area (Å²) >= 11 is 0. The lowest BCUT2D eigenvalue weighted by Crippen LogP contribution is -2.40. The van der Waals surface area contributed by atoms with Crippen LogP contribution in [0.3, 0.4) is 0 Å². The number of hydrogen-bond acceptors (Lipinski definition) is 5. The van der Waals surface area contributed by atoms with Gasteiger partial charge in [-0.2, -0.15) is 13.2 Å². The SMILES string of the molecule is COC(=O)c1cc(N)cnc1N(CC(F)(F)F)C(C)C. The predicted molar refractivity (Wildman–Crippen MR) is 68.5 cm³/mol. The van der Waals surface area contributed by atoms with Gasteiger partial charge in [-0.25, -0.2) is 9.78 Å². The van der Waals surface area contributed by atoms with Gasteiger partial charge in [-0.3, -0.25) is 0 Å². The van der Waals surface area contributed by atoms with E-state index in [0.717, 1.165) is 12.0 Å². The van der Waals surface area contributed by atoms with Gasteiger partial charge in [-0.1, -0.05) is 0 Å². The average Bonchev–Trinajstić information content (AvgIpc) is 2.34. The standard InChI is InChI=1S/C12H16F3N3O2/c1-7(2)18(6-12(13,14)15)10-9(11(19)20-3)4-8(16)5-17-10/h4-5,7H,6,16H2,1-3H3. The molecule has 0 bridgehead atoms. The van der Waals surface area contributed by atoms with Crippen LogP contribution in [0, 0.1) is 0 Å². The molecule has 0 saturated heterocycles. The number of nitrogens with two attached hydrogens (primary N) is 1. The molecule has 112 valence electrons. The summed E-state index contributed by atoms with van der Waals surface area (Å²) in [4.78, 5) is 16.5. The van der Waals surface area contributed by atoms with Crippen LogP contribution in [0.15, 0.2) is 12.3 Å². The molecule has 0 radical (unpaired) electrons. The van der Waals surface area contributed by atoms with Crippen molar-refractivity contribution in [1.82, 2.24) is 4.98 Å². The lowest BCUT2D eigenvalue weighted by molar-refractivity contribution is -0.120. The molecule has 0 aliphatic heterocycles. The molecular weight excluding hydrogens is 275 g/mol. The van der Waals surface area contributed by atoms with Crippen LogP contribution in [-0.4, -0.2) is 36.8 Å². The summed E-state index contributed by atoms with van der Waals surface area (Å²) in [5, 5.41) is 0. The highest BCUT2D eigenvalue weighted by Gasteiger charge is 2.34. The highest BCUT2D eigenvalue weighted by atomic mass is 19.4. The molecule has 0 fully saturated rings. The summed E-state index contributed by atoms with van der Waals surface area (Å²) in [6.45, 7) is 1.93. The van der Waals surface area contributed by atoms with Crippen LogP contribution in [-0.2, 0) is 4.74 Å². The zero-order chi connectivity index (χ0) is 15.5. The fraction of sp³-hybridized carbons (Fsp3) is 0.500. The van der Waals surface area contributed by atoms with Gasteiger partial charge in [-0.15, -0.1) is 0 Å². The smallest absolute Gasteiger partial charge is 0.405 e. The van der Waals surface area contributed by atoms with E-state index < -0.39 is 24.7 Å². The number of nitrogen functional groups attached to an aromatic ring is 1. The molecule has 0 saturated carbocycles. The van der Waals surface area contributed by atoms with E-state index in [4.69, 9.17) is 5.73 Å². The molecule has 1 heterocycles. The lowest BCUT2D eigenvalue weighted by Gasteiger charge is -2.30. The van der Waals surface area contributed by atoms with Gasteiger partial charge in [0.05, 0.1) is 19.0 Å². The molecule has 0 atom stereocenters. The van der Waals surface area contributed by atoms with Crippen LogP contribution >= 0.6 is 0 Å². The first kappa shape index (κ1) is 16.1. The Morgan fingerprint density at radius 2 is 2.10 bits per heavy atom. The lowest BCUT2D eigenvalue weighted by atomic mass is 10.2. The third-order valence-electron chi connectivity index (χ3n) is 2.54. The molecule has 0 aliphatic rings. The molecule has 0 spiro atoms. The quantitative estimate of drug-likeness (QED) is 0.862. The average molecular weight is 291 g/mol. The first-order chi connectivity index (χ1) is 9.15. The molecule has 0 aliphatic carbocycles. The van der Waals surface area contributed by atoms with Gasteiger partial charge in [0.15, 0.2) is 0 Å². The van der Waals surface area contributed by atoms with Crippen molar-refractivity contribution in [3.63, 3.8) is 0 Å². The van der Waals surface area contributed by atoms with Crippen LogP contribution in [0.2, 0.25) is 0 Å². The van der Waals surface area contributed by atoms with Crippen molar-refractivity contribution < 1.29 is 22.7 Å². The van der Waals surface area contributed by atoms with Gasteiger partial charge in [0.1, 0.15) is 17.9 Å². The largest absolute Gasteiger partial charge is 0.465 e. The second-order valence-electron chi connectivity index (χ2n) is 4.47. The number of alkyl halides is 3. The van der Waals surface area contributed by atoms with Gasteiger partial charge in [0.2, 0.25) is 0 Å². The maximum absolute atomic E-state index is 12.6. The molecule has 5 nitrogen and oxygen atoms in total. The number of methoxy groups -OCH3 is 1. The van der Waals surface area contributed by atoms with Gasteiger partial charge in [0, 0.05) is 6.04 Å². The van der Waals surface area contributed by atoms with E-state index in [1.165, 1.54) is 12.3 Å². The number of nitrogens with zero attached hydrogens (tertiary/aromatic N) is 2. The molecule has 2 N–H and O–H groups in total. The number of rotatable bonds is 4. The summed E-state index contributed by atoms with van der Waals surface area (Å²) in [5.41, 5.74) is 5.59. The number of halogens is 3. The Hall–Kier alpha value is -1.99. The van der Waals surface area contributed by atoms with Crippen molar-refractivity contribution in [3.05, 3.63) is 17.8 Å². The van der Waals surface area contributed by atoms with Crippen LogP contribution in [0.25, 0.3) is 0 Å². The van der Waals surface area contributed by atoms with Gasteiger partial charge in [-0.05, 0) is 19.9 Å². The molecule has 8 heteroatoms. The van der Waals surface area contributed by atoms with Crippen molar-refractivity contribution in [2.45, 2.75) is 26.1 Å². The topological polar surface area (TPSA) is 68.5 Å². The van der Waals surface area contributed by atoms with Crippen LogP contribution in [0.4, 0.5) is 24.7 Å². The highest BCUT2D eigenvalue weighted by molar-refractivity contribution is 5.95. The fourth-order valence-corrected chi connectivity index (χ4v) is 1.66. The summed E-state index contributed by atoms with van der Waals surface area (Å²) in [6, 6.07) is 0.746. The van der Waals surface area contributed by atoms with Crippen LogP contribution in [0.5, 0.6) is 0 Å². The molecule has 1 rings (SSSR count). The number of carbonyl (C=O) groups is 1. The monoisotopic (exact) mass is 291 g/mol. The van der Waals surface area contributed by atoms with Crippen molar-refractivity contribution in [2.75, 3.05) is 24.3 Å². The normalized spacial score (nSPS) is 11.6. The van der Waals surface area contributed by atoms with Crippen molar-refractivity contribution in [2.24, 2.45) is 0 Å². The molecule has 1 aromatic heterocycles. The van der Waals surface area contributed by atoms with Crippen molar-refractivity contribution >= 4 is 17.5 Å². The maximum Gasteiger partial charge on any atom is 0.405 e. The number of pyridine rings is 1. The van der Waals surface area contributed by atoms with Crippen molar-refractivity contribution in [1.29, 1.82) is 0 Å². The molecule has 20 heavy (non-hydrogen) atoms. The fourth-order valence-electron chi connectivity index (χ4n) is 1.66.